The zero-order chi connectivity index (χ0) is 14.4. The first-order valence-electron chi connectivity index (χ1n) is 6.16. The molecule has 0 amide bonds. The molecular weight excluding hydrogens is 401 g/mol. The van der Waals surface area contributed by atoms with Crippen LogP contribution in [0.2, 0.25) is 5.02 Å². The number of rotatable bonds is 5. The van der Waals surface area contributed by atoms with Crippen LogP contribution in [0.25, 0.3) is 0 Å². The lowest BCUT2D eigenvalue weighted by atomic mass is 10.1. The van der Waals surface area contributed by atoms with Gasteiger partial charge in [0.05, 0.1) is 11.6 Å². The van der Waals surface area contributed by atoms with Crippen molar-refractivity contribution in [3.8, 4) is 5.75 Å². The molecule has 2 rings (SSSR count). The molecule has 0 aliphatic heterocycles. The molecule has 0 aromatic heterocycles. The smallest absolute Gasteiger partial charge is 0.186 e. The Balaban J connectivity index is 0.00000220. The Hall–Kier alpha value is -1.47. The Kier molecular flexibility index (Phi) is 7.31. The summed E-state index contributed by atoms with van der Waals surface area (Å²) in [5, 5.41) is 0.592. The van der Waals surface area contributed by atoms with Crippen molar-refractivity contribution in [3.05, 3.63) is 64.7 Å². The molecule has 0 spiro atoms. The predicted octanol–water partition coefficient (Wildman–Crippen LogP) is 3.31. The average Bonchev–Trinajstić information content (AvgIpc) is 2.45. The number of para-hydroxylation sites is 1. The number of nitrogens with zero attached hydrogens (tertiary/aromatic N) is 1. The maximum absolute atomic E-state index is 6.05. The van der Waals surface area contributed by atoms with Crippen molar-refractivity contribution in [1.82, 2.24) is 0 Å². The number of aliphatic imine (C=N–C) groups is 1. The van der Waals surface area contributed by atoms with Gasteiger partial charge in [-0.25, -0.2) is 4.99 Å². The van der Waals surface area contributed by atoms with E-state index in [1.807, 2.05) is 42.5 Å². The second-order valence-electron chi connectivity index (χ2n) is 4.23. The first kappa shape index (κ1) is 17.6. The van der Waals surface area contributed by atoms with Crippen LogP contribution in [0.15, 0.2) is 53.5 Å². The fourth-order valence-corrected chi connectivity index (χ4v) is 1.94. The summed E-state index contributed by atoms with van der Waals surface area (Å²) in [7, 11) is 0. The largest absolute Gasteiger partial charge is 0.487 e. The van der Waals surface area contributed by atoms with Crippen molar-refractivity contribution >= 4 is 41.5 Å². The maximum atomic E-state index is 6.05. The average molecular weight is 418 g/mol. The minimum absolute atomic E-state index is 0. The molecule has 0 saturated carbocycles. The van der Waals surface area contributed by atoms with Gasteiger partial charge in [0.1, 0.15) is 12.4 Å². The fourth-order valence-electron chi connectivity index (χ4n) is 1.75. The standard InChI is InChI=1S/C15H16ClN3O.HI/c16-13-7-3-4-8-14(13)20-10-12-6-2-1-5-11(12)9-19-15(17)18;/h1-8H,9-10H2,(H4,17,18,19);1H. The second-order valence-corrected chi connectivity index (χ2v) is 4.64. The van der Waals surface area contributed by atoms with Gasteiger partial charge in [0.15, 0.2) is 5.96 Å². The Morgan fingerprint density at radius 3 is 2.29 bits per heavy atom. The van der Waals surface area contributed by atoms with Crippen molar-refractivity contribution < 1.29 is 4.74 Å². The molecule has 21 heavy (non-hydrogen) atoms. The zero-order valence-corrected chi connectivity index (χ0v) is 14.4. The van der Waals surface area contributed by atoms with Crippen LogP contribution in [-0.4, -0.2) is 5.96 Å². The van der Waals surface area contributed by atoms with Gasteiger partial charge in [-0.1, -0.05) is 48.0 Å². The van der Waals surface area contributed by atoms with Crippen LogP contribution < -0.4 is 16.2 Å². The molecule has 4 nitrogen and oxygen atoms in total. The van der Waals surface area contributed by atoms with Gasteiger partial charge >= 0.3 is 0 Å². The normalized spacial score (nSPS) is 9.57. The molecule has 0 unspecified atom stereocenters. The fraction of sp³-hybridized carbons (Fsp3) is 0.133. The van der Waals surface area contributed by atoms with Crippen LogP contribution in [0.3, 0.4) is 0 Å². The van der Waals surface area contributed by atoms with E-state index in [0.29, 0.717) is 23.9 Å². The summed E-state index contributed by atoms with van der Waals surface area (Å²) >= 11 is 6.05. The lowest BCUT2D eigenvalue weighted by molar-refractivity contribution is 0.305. The van der Waals surface area contributed by atoms with E-state index in [4.69, 9.17) is 27.8 Å². The molecular formula is C15H17ClIN3O. The highest BCUT2D eigenvalue weighted by Gasteiger charge is 2.04. The lowest BCUT2D eigenvalue weighted by Gasteiger charge is -2.11. The Labute approximate surface area is 146 Å². The van der Waals surface area contributed by atoms with E-state index in [1.54, 1.807) is 6.07 Å². The third-order valence-corrected chi connectivity index (χ3v) is 3.08. The van der Waals surface area contributed by atoms with Gasteiger partial charge in [0.25, 0.3) is 0 Å². The van der Waals surface area contributed by atoms with Crippen molar-refractivity contribution in [3.63, 3.8) is 0 Å². The molecule has 0 aliphatic rings. The SMILES string of the molecule is I.NC(N)=NCc1ccccc1COc1ccccc1Cl. The van der Waals surface area contributed by atoms with E-state index < -0.39 is 0 Å². The van der Waals surface area contributed by atoms with E-state index in [1.165, 1.54) is 0 Å². The number of benzene rings is 2. The second kappa shape index (κ2) is 8.74. The van der Waals surface area contributed by atoms with Gasteiger partial charge in [-0.2, -0.15) is 0 Å². The molecule has 0 aliphatic carbocycles. The number of hydrogen-bond donors (Lipinski definition) is 2. The molecule has 0 bridgehead atoms. The predicted molar refractivity (Wildman–Crippen MR) is 97.2 cm³/mol. The van der Waals surface area contributed by atoms with E-state index in [0.717, 1.165) is 11.1 Å². The summed E-state index contributed by atoms with van der Waals surface area (Å²) in [6.45, 7) is 0.851. The maximum Gasteiger partial charge on any atom is 0.186 e. The van der Waals surface area contributed by atoms with Crippen LogP contribution in [0.4, 0.5) is 0 Å². The molecule has 0 fully saturated rings. The Morgan fingerprint density at radius 2 is 1.62 bits per heavy atom. The van der Waals surface area contributed by atoms with Gasteiger partial charge in [-0.3, -0.25) is 0 Å². The summed E-state index contributed by atoms with van der Waals surface area (Å²) in [6, 6.07) is 15.2. The van der Waals surface area contributed by atoms with Crippen LogP contribution >= 0.6 is 35.6 Å². The van der Waals surface area contributed by atoms with Crippen molar-refractivity contribution in [2.24, 2.45) is 16.5 Å². The van der Waals surface area contributed by atoms with Crippen LogP contribution in [0, 0.1) is 0 Å². The first-order chi connectivity index (χ1) is 9.66. The monoisotopic (exact) mass is 417 g/mol. The van der Waals surface area contributed by atoms with Gasteiger partial charge in [-0.05, 0) is 23.3 Å². The van der Waals surface area contributed by atoms with Gasteiger partial charge in [0.2, 0.25) is 0 Å². The van der Waals surface area contributed by atoms with Crippen LogP contribution in [-0.2, 0) is 13.2 Å². The Morgan fingerprint density at radius 1 is 1.00 bits per heavy atom. The van der Waals surface area contributed by atoms with E-state index in [2.05, 4.69) is 4.99 Å². The van der Waals surface area contributed by atoms with Crippen molar-refractivity contribution in [2.75, 3.05) is 0 Å². The minimum atomic E-state index is 0. The minimum Gasteiger partial charge on any atom is -0.487 e. The van der Waals surface area contributed by atoms with E-state index >= 15 is 0 Å². The molecule has 0 atom stereocenters. The summed E-state index contributed by atoms with van der Waals surface area (Å²) in [4.78, 5) is 4.02. The number of ether oxygens (including phenoxy) is 1. The summed E-state index contributed by atoms with van der Waals surface area (Å²) in [6.07, 6.45) is 0. The molecule has 6 heteroatoms. The number of hydrogen-bond acceptors (Lipinski definition) is 2. The van der Waals surface area contributed by atoms with Crippen LogP contribution in [0.5, 0.6) is 5.75 Å². The molecule has 0 heterocycles. The lowest BCUT2D eigenvalue weighted by Crippen LogP contribution is -2.22. The highest BCUT2D eigenvalue weighted by molar-refractivity contribution is 14.0. The first-order valence-corrected chi connectivity index (χ1v) is 6.54. The summed E-state index contributed by atoms with van der Waals surface area (Å²) < 4.78 is 5.73. The van der Waals surface area contributed by atoms with Gasteiger partial charge in [0, 0.05) is 0 Å². The molecule has 4 N–H and O–H groups in total. The number of halogens is 2. The van der Waals surface area contributed by atoms with E-state index in [9.17, 15) is 0 Å². The molecule has 112 valence electrons. The number of guanidine groups is 1. The quantitative estimate of drug-likeness (QED) is 0.445. The highest BCUT2D eigenvalue weighted by Crippen LogP contribution is 2.24. The molecule has 0 saturated heterocycles. The van der Waals surface area contributed by atoms with Gasteiger partial charge in [-0.15, -0.1) is 24.0 Å². The zero-order valence-electron chi connectivity index (χ0n) is 11.3. The van der Waals surface area contributed by atoms with Gasteiger partial charge < -0.3 is 16.2 Å². The third kappa shape index (κ3) is 5.43. The van der Waals surface area contributed by atoms with Crippen molar-refractivity contribution in [2.45, 2.75) is 13.2 Å². The van der Waals surface area contributed by atoms with Crippen molar-refractivity contribution in [1.29, 1.82) is 0 Å². The van der Waals surface area contributed by atoms with E-state index in [-0.39, 0.29) is 29.9 Å². The molecule has 2 aromatic rings. The number of nitrogens with two attached hydrogens (primary N) is 2. The summed E-state index contributed by atoms with van der Waals surface area (Å²) in [5.41, 5.74) is 12.8. The third-order valence-electron chi connectivity index (χ3n) is 2.77. The van der Waals surface area contributed by atoms with Crippen LogP contribution in [0.1, 0.15) is 11.1 Å². The Bertz CT molecular complexity index is 615. The molecule has 2 aromatic carbocycles. The summed E-state index contributed by atoms with van der Waals surface area (Å²) in [5.74, 6) is 0.734. The topological polar surface area (TPSA) is 73.6 Å². The highest BCUT2D eigenvalue weighted by atomic mass is 127. The molecule has 0 radical (unpaired) electrons.